The van der Waals surface area contributed by atoms with Gasteiger partial charge in [0.15, 0.2) is 0 Å². The second-order valence-electron chi connectivity index (χ2n) is 2.57. The summed E-state index contributed by atoms with van der Waals surface area (Å²) in [5.74, 6) is 0. The molecule has 0 unspecified atom stereocenters. The molecule has 0 spiro atoms. The Hall–Kier alpha value is -0.981. The summed E-state index contributed by atoms with van der Waals surface area (Å²) in [6, 6.07) is 4.93. The van der Waals surface area contributed by atoms with E-state index in [1.165, 1.54) is 12.1 Å². The number of nitriles is 1. The van der Waals surface area contributed by atoms with E-state index in [9.17, 15) is 13.2 Å². The van der Waals surface area contributed by atoms with Crippen LogP contribution in [0.15, 0.2) is 24.3 Å². The molecule has 0 heterocycles. The van der Waals surface area contributed by atoms with Gasteiger partial charge in [-0.05, 0) is 0 Å². The van der Waals surface area contributed by atoms with Crippen LogP contribution in [0.4, 0.5) is 13.2 Å². The van der Waals surface area contributed by atoms with Gasteiger partial charge in [-0.3, -0.25) is 0 Å². The summed E-state index contributed by atoms with van der Waals surface area (Å²) in [6.07, 6.45) is -4.28. The Kier molecular flexibility index (Phi) is 3.56. The predicted molar refractivity (Wildman–Crippen MR) is 46.5 cm³/mol. The van der Waals surface area contributed by atoms with Gasteiger partial charge < -0.3 is 0 Å². The Morgan fingerprint density at radius 2 is 1.79 bits per heavy atom. The number of rotatable bonds is 2. The molecule has 0 fully saturated rings. The van der Waals surface area contributed by atoms with Crippen molar-refractivity contribution in [3.63, 3.8) is 0 Å². The van der Waals surface area contributed by atoms with Crippen LogP contribution in [0.5, 0.6) is 0 Å². The van der Waals surface area contributed by atoms with Gasteiger partial charge in [0, 0.05) is 0 Å². The van der Waals surface area contributed by atoms with Crippen LogP contribution in [-0.2, 0) is 11.5 Å². The number of halogens is 3. The molecule has 5 heteroatoms. The van der Waals surface area contributed by atoms with Gasteiger partial charge in [0.2, 0.25) is 0 Å². The minimum absolute atomic E-state index is 0.181. The molecule has 0 atom stereocenters. The van der Waals surface area contributed by atoms with Gasteiger partial charge in [0.25, 0.3) is 0 Å². The molecule has 0 saturated heterocycles. The van der Waals surface area contributed by atoms with E-state index < -0.39 is 11.7 Å². The Morgan fingerprint density at radius 3 is 2.21 bits per heavy atom. The molecule has 1 aromatic carbocycles. The topological polar surface area (TPSA) is 23.8 Å². The number of benzene rings is 1. The van der Waals surface area contributed by atoms with Crippen molar-refractivity contribution in [3.8, 4) is 4.97 Å². The van der Waals surface area contributed by atoms with Gasteiger partial charge in [0.1, 0.15) is 0 Å². The van der Waals surface area contributed by atoms with Crippen molar-refractivity contribution in [3.05, 3.63) is 35.4 Å². The number of nitrogens with zero attached hydrogens (tertiary/aromatic N) is 1. The van der Waals surface area contributed by atoms with Gasteiger partial charge >= 0.3 is 85.2 Å². The summed E-state index contributed by atoms with van der Waals surface area (Å²) < 4.78 is 36.4. The van der Waals surface area contributed by atoms with Gasteiger partial charge in [0.05, 0.1) is 0 Å². The average Bonchev–Trinajstić information content (AvgIpc) is 2.14. The Bertz CT molecular complexity index is 337. The molecule has 1 rings (SSSR count). The monoisotopic (exact) mass is 265 g/mol. The fraction of sp³-hybridized carbons (Fsp3) is 0.222. The van der Waals surface area contributed by atoms with Crippen LogP contribution in [0.25, 0.3) is 0 Å². The molecule has 14 heavy (non-hydrogen) atoms. The summed E-state index contributed by atoms with van der Waals surface area (Å²) in [7, 11) is 0. The zero-order valence-electron chi connectivity index (χ0n) is 7.01. The predicted octanol–water partition coefficient (Wildman–Crippen LogP) is 2.39. The molecule has 1 nitrogen and oxygen atoms in total. The van der Waals surface area contributed by atoms with E-state index in [1.807, 2.05) is 4.97 Å². The van der Waals surface area contributed by atoms with E-state index >= 15 is 0 Å². The first kappa shape index (κ1) is 11.1. The minimum atomic E-state index is -4.28. The Labute approximate surface area is 85.7 Å². The number of hydrogen-bond acceptors (Lipinski definition) is 1. The van der Waals surface area contributed by atoms with Crippen molar-refractivity contribution in [1.82, 2.24) is 0 Å². The quantitative estimate of drug-likeness (QED) is 0.752. The van der Waals surface area contributed by atoms with Gasteiger partial charge in [-0.2, -0.15) is 0 Å². The van der Waals surface area contributed by atoms with Crippen LogP contribution < -0.4 is 0 Å². The fourth-order valence-electron chi connectivity index (χ4n) is 0.906. The van der Waals surface area contributed by atoms with Gasteiger partial charge in [-0.25, -0.2) is 0 Å². The molecule has 0 aliphatic heterocycles. The first-order chi connectivity index (χ1) is 6.54. The summed E-state index contributed by atoms with van der Waals surface area (Å²) in [4.78, 5) is 2.00. The maximum absolute atomic E-state index is 12.1. The zero-order valence-corrected chi connectivity index (χ0v) is 8.72. The molecular weight excluding hydrogens is 258 g/mol. The van der Waals surface area contributed by atoms with Crippen LogP contribution in [0.2, 0.25) is 0 Å². The Morgan fingerprint density at radius 1 is 1.21 bits per heavy atom. The first-order valence-corrected chi connectivity index (χ1v) is 5.78. The maximum atomic E-state index is 12.1. The molecule has 0 aliphatic carbocycles. The van der Waals surface area contributed by atoms with E-state index in [1.54, 1.807) is 0 Å². The van der Waals surface area contributed by atoms with Gasteiger partial charge in [-0.15, -0.1) is 0 Å². The molecule has 0 amide bonds. The Balaban J connectivity index is 2.75. The van der Waals surface area contributed by atoms with Crippen LogP contribution in [0.1, 0.15) is 11.1 Å². The fourth-order valence-corrected chi connectivity index (χ4v) is 1.79. The van der Waals surface area contributed by atoms with Crippen LogP contribution >= 0.6 is 0 Å². The summed E-state index contributed by atoms with van der Waals surface area (Å²) >= 11 is -0.181. The van der Waals surface area contributed by atoms with Crippen molar-refractivity contribution in [2.75, 3.05) is 0 Å². The van der Waals surface area contributed by atoms with Crippen molar-refractivity contribution in [2.24, 2.45) is 0 Å². The first-order valence-electron chi connectivity index (χ1n) is 3.71. The second kappa shape index (κ2) is 4.49. The summed E-state index contributed by atoms with van der Waals surface area (Å²) in [5, 5.41) is 8.87. The molecular formula is C9H6F3NSe. The van der Waals surface area contributed by atoms with Crippen LogP contribution in [0, 0.1) is 10.2 Å². The third-order valence-electron chi connectivity index (χ3n) is 1.58. The average molecular weight is 264 g/mol. The molecule has 0 saturated carbocycles. The van der Waals surface area contributed by atoms with E-state index in [0.717, 1.165) is 17.7 Å². The third kappa shape index (κ3) is 3.06. The van der Waals surface area contributed by atoms with E-state index in [-0.39, 0.29) is 15.0 Å². The molecule has 74 valence electrons. The second-order valence-corrected chi connectivity index (χ2v) is 4.17. The molecule has 0 radical (unpaired) electrons. The SMILES string of the molecule is N#C[Se]Cc1ccc(C(F)(F)F)cc1. The van der Waals surface area contributed by atoms with Crippen molar-refractivity contribution < 1.29 is 13.2 Å². The van der Waals surface area contributed by atoms with E-state index in [2.05, 4.69) is 0 Å². The zero-order chi connectivity index (χ0) is 10.6. The molecule has 0 bridgehead atoms. The molecule has 0 N–H and O–H groups in total. The molecule has 0 aromatic heterocycles. The van der Waals surface area contributed by atoms with E-state index in [0.29, 0.717) is 5.32 Å². The molecule has 1 aromatic rings. The summed E-state index contributed by atoms with van der Waals surface area (Å²) in [6.45, 7) is 0. The summed E-state index contributed by atoms with van der Waals surface area (Å²) in [5.41, 5.74) is 0.130. The molecule has 0 aliphatic rings. The number of hydrogen-bond donors (Lipinski definition) is 0. The standard InChI is InChI=1S/C9H6F3NSe/c10-9(11,12)8-3-1-7(2-4-8)5-14-6-13/h1-4H,5H2. The van der Waals surface area contributed by atoms with Crippen molar-refractivity contribution in [1.29, 1.82) is 5.26 Å². The third-order valence-corrected chi connectivity index (χ3v) is 2.86. The number of alkyl halides is 3. The normalized spacial score (nSPS) is 11.0. The van der Waals surface area contributed by atoms with Crippen LogP contribution in [0.3, 0.4) is 0 Å². The van der Waals surface area contributed by atoms with Gasteiger partial charge in [-0.1, -0.05) is 0 Å². The van der Waals surface area contributed by atoms with Crippen molar-refractivity contribution in [2.45, 2.75) is 11.5 Å². The van der Waals surface area contributed by atoms with Crippen molar-refractivity contribution >= 4 is 15.0 Å². The van der Waals surface area contributed by atoms with E-state index in [4.69, 9.17) is 5.26 Å². The van der Waals surface area contributed by atoms with Crippen LogP contribution in [-0.4, -0.2) is 15.0 Å².